The number of imide groups is 2. The largest absolute Gasteiger partial charge is 0.462 e. The van der Waals surface area contributed by atoms with Gasteiger partial charge in [0.2, 0.25) is 0 Å². The molecule has 15 rings (SSSR count). The van der Waals surface area contributed by atoms with E-state index in [1.165, 1.54) is 36.4 Å². The number of carbonyl (C=O) groups is 10. The zero-order chi connectivity index (χ0) is 63.1. The van der Waals surface area contributed by atoms with Crippen molar-refractivity contribution in [2.24, 2.45) is 0 Å². The zero-order valence-electron chi connectivity index (χ0n) is 48.7. The molecule has 0 fully saturated rings. The van der Waals surface area contributed by atoms with E-state index in [0.29, 0.717) is 38.8 Å². The Morgan fingerprint density at radius 3 is 1.29 bits per heavy atom. The van der Waals surface area contributed by atoms with E-state index in [1.54, 1.807) is 66.7 Å². The van der Waals surface area contributed by atoms with Gasteiger partial charge >= 0.3 is 11.9 Å². The molecule has 0 N–H and O–H groups in total. The molecule has 4 heterocycles. The van der Waals surface area contributed by atoms with Crippen LogP contribution in [0, 0.1) is 0 Å². The number of ketones is 4. The Morgan fingerprint density at radius 2 is 0.761 bits per heavy atom. The number of nitrogens with zero attached hydrogens (tertiary/aromatic N) is 4. The fourth-order valence-electron chi connectivity index (χ4n) is 12.9. The average Bonchev–Trinajstić information content (AvgIpc) is 0.999. The minimum absolute atomic E-state index is 0.0219. The number of hydrogen-bond acceptors (Lipinski definition) is 14. The fourth-order valence-corrected chi connectivity index (χ4v) is 12.9. The Bertz CT molecular complexity index is 5100. The summed E-state index contributed by atoms with van der Waals surface area (Å²) in [5.74, 6) is -7.44. The molecule has 0 saturated heterocycles. The Kier molecular flexibility index (Phi) is 13.8. The minimum atomic E-state index is -1.22. The summed E-state index contributed by atoms with van der Waals surface area (Å²) >= 11 is 0. The second-order valence-corrected chi connectivity index (χ2v) is 23.1. The van der Waals surface area contributed by atoms with Crippen molar-refractivity contribution in [3.8, 4) is 33.4 Å². The first-order valence-electron chi connectivity index (χ1n) is 29.9. The zero-order valence-corrected chi connectivity index (χ0v) is 48.7. The maximum atomic E-state index is 14.0. The van der Waals surface area contributed by atoms with Crippen molar-refractivity contribution in [1.82, 2.24) is 19.8 Å². The standard InChI is InChI=1S/C76H48N4O12/c81-67-52-24-18-50(39-57(52)69(83)65(67)62-29-22-48-36-45(20-27-60(48)77-62)41-9-2-1-3-10-41)75(89)91-33-7-31-79-71(85)54-26-17-47(38-59(54)74(79)88)44-14-4-13-43(35-44)46-21-28-61-49(37-46)23-30-63(78-61)66-68(82)53-25-19-51(40-58(53)70(66)84)76(90)92-34-8-32-80-72(86)55-15-5-11-42-12-6-16-56(64(42)55)73(80)87/h1-6,9-30,35-40,65-66H,7-8,31-34H2. The topological polar surface area (TPSA) is 221 Å². The molecule has 2 atom stereocenters. The maximum absolute atomic E-state index is 14.0. The van der Waals surface area contributed by atoms with Crippen LogP contribution < -0.4 is 0 Å². The molecule has 444 valence electrons. The quantitative estimate of drug-likeness (QED) is 0.0403. The van der Waals surface area contributed by atoms with Gasteiger partial charge < -0.3 is 9.47 Å². The van der Waals surface area contributed by atoms with E-state index in [9.17, 15) is 47.9 Å². The maximum Gasteiger partial charge on any atom is 0.338 e. The molecule has 2 aromatic heterocycles. The van der Waals surface area contributed by atoms with E-state index >= 15 is 0 Å². The van der Waals surface area contributed by atoms with Crippen molar-refractivity contribution in [3.63, 3.8) is 0 Å². The van der Waals surface area contributed by atoms with Crippen LogP contribution in [0.15, 0.2) is 206 Å². The van der Waals surface area contributed by atoms with E-state index in [1.807, 2.05) is 103 Å². The first kappa shape index (κ1) is 56.5. The number of carbonyl (C=O) groups excluding carboxylic acids is 10. The van der Waals surface area contributed by atoms with Gasteiger partial charge in [-0.15, -0.1) is 0 Å². The molecule has 2 aliphatic heterocycles. The van der Waals surface area contributed by atoms with E-state index in [-0.39, 0.29) is 89.3 Å². The van der Waals surface area contributed by atoms with Crippen molar-refractivity contribution in [2.45, 2.75) is 24.7 Å². The number of aromatic nitrogens is 2. The van der Waals surface area contributed by atoms with Gasteiger partial charge in [-0.25, -0.2) is 9.59 Å². The Labute approximate surface area is 523 Å². The molecule has 4 amide bonds. The molecule has 11 aromatic rings. The minimum Gasteiger partial charge on any atom is -0.462 e. The summed E-state index contributed by atoms with van der Waals surface area (Å²) < 4.78 is 11.1. The van der Waals surface area contributed by atoms with Crippen LogP contribution in [-0.2, 0) is 9.47 Å². The van der Waals surface area contributed by atoms with Gasteiger partial charge in [-0.3, -0.25) is 58.1 Å². The Hall–Kier alpha value is -12.0. The molecule has 2 unspecified atom stereocenters. The van der Waals surface area contributed by atoms with Gasteiger partial charge in [0, 0.05) is 62.6 Å². The van der Waals surface area contributed by atoms with Crippen LogP contribution in [0.4, 0.5) is 0 Å². The summed E-state index contributed by atoms with van der Waals surface area (Å²) in [6.45, 7) is -0.250. The smallest absolute Gasteiger partial charge is 0.338 e. The number of pyridine rings is 2. The van der Waals surface area contributed by atoms with Gasteiger partial charge in [0.15, 0.2) is 23.1 Å². The van der Waals surface area contributed by atoms with Crippen molar-refractivity contribution < 1.29 is 57.4 Å². The summed E-state index contributed by atoms with van der Waals surface area (Å²) in [5, 5.41) is 3.01. The van der Waals surface area contributed by atoms with Crippen LogP contribution in [-0.4, -0.2) is 105 Å². The molecule has 0 bridgehead atoms. The molecule has 16 heteroatoms. The number of Topliss-reactive ketones (excluding diaryl/α,β-unsaturated/α-hetero) is 4. The molecule has 0 spiro atoms. The lowest BCUT2D eigenvalue weighted by atomic mass is 9.94. The molecule has 16 nitrogen and oxygen atoms in total. The Balaban J connectivity index is 0.552. The van der Waals surface area contributed by atoms with Gasteiger partial charge in [0.05, 0.1) is 57.9 Å². The molecule has 9 aromatic carbocycles. The number of hydrogen-bond donors (Lipinski definition) is 0. The number of amides is 4. The number of fused-ring (bicyclic) bond motifs is 5. The van der Waals surface area contributed by atoms with E-state index in [0.717, 1.165) is 53.8 Å². The lowest BCUT2D eigenvalue weighted by Crippen LogP contribution is -2.41. The average molecular weight is 1210 g/mol. The van der Waals surface area contributed by atoms with Crippen LogP contribution in [0.3, 0.4) is 0 Å². The highest BCUT2D eigenvalue weighted by Gasteiger charge is 2.43. The first-order chi connectivity index (χ1) is 44.8. The fraction of sp³-hybridized carbons (Fsp3) is 0.105. The molecule has 0 saturated carbocycles. The monoisotopic (exact) mass is 1210 g/mol. The van der Waals surface area contributed by atoms with Crippen LogP contribution in [0.5, 0.6) is 0 Å². The van der Waals surface area contributed by atoms with Crippen LogP contribution in [0.25, 0.3) is 66.0 Å². The third kappa shape index (κ3) is 9.63. The van der Waals surface area contributed by atoms with Gasteiger partial charge in [-0.05, 0) is 155 Å². The van der Waals surface area contributed by atoms with E-state index in [2.05, 4.69) is 0 Å². The van der Waals surface area contributed by atoms with Crippen molar-refractivity contribution in [1.29, 1.82) is 0 Å². The second kappa shape index (κ2) is 22.5. The molecular formula is C76H48N4O12. The molecular weight excluding hydrogens is 1160 g/mol. The van der Waals surface area contributed by atoms with E-state index in [4.69, 9.17) is 19.4 Å². The van der Waals surface area contributed by atoms with Crippen molar-refractivity contribution in [3.05, 3.63) is 273 Å². The normalized spacial score (nSPS) is 15.7. The first-order valence-corrected chi connectivity index (χ1v) is 29.9. The summed E-state index contributed by atoms with van der Waals surface area (Å²) in [7, 11) is 0. The summed E-state index contributed by atoms with van der Waals surface area (Å²) in [6.07, 6.45) is 0.316. The lowest BCUT2D eigenvalue weighted by Gasteiger charge is -2.27. The predicted molar refractivity (Wildman–Crippen MR) is 340 cm³/mol. The van der Waals surface area contributed by atoms with Gasteiger partial charge in [0.1, 0.15) is 11.8 Å². The third-order valence-corrected chi connectivity index (χ3v) is 17.6. The summed E-state index contributed by atoms with van der Waals surface area (Å²) in [4.78, 5) is 147. The van der Waals surface area contributed by atoms with Gasteiger partial charge in [-0.1, -0.05) is 103 Å². The number of rotatable bonds is 15. The SMILES string of the molecule is O=C(OCCCN1C(=O)c2ccc(-c3cccc(-c4ccc5nc(C6C(=O)c7ccc(C(=O)OCCCN8C(=O)c9cccc%10cccc(c9%10)C8=O)cc7C6=O)ccc5c4)c3)cc2C1=O)c1ccc2c(c1)C(=O)C(c1ccc3cc(-c4ccccc4)ccc3n1)C2=O. The summed E-state index contributed by atoms with van der Waals surface area (Å²) in [5.41, 5.74) is 9.01. The van der Waals surface area contributed by atoms with Gasteiger partial charge in [-0.2, -0.15) is 0 Å². The molecule has 92 heavy (non-hydrogen) atoms. The third-order valence-electron chi connectivity index (χ3n) is 17.6. The number of ether oxygens (including phenoxy) is 2. The molecule has 0 radical (unpaired) electrons. The van der Waals surface area contributed by atoms with Crippen LogP contribution >= 0.6 is 0 Å². The van der Waals surface area contributed by atoms with Crippen molar-refractivity contribution >= 4 is 91.3 Å². The number of esters is 2. The highest BCUT2D eigenvalue weighted by Crippen LogP contribution is 2.39. The molecule has 2 aliphatic carbocycles. The van der Waals surface area contributed by atoms with E-state index < -0.39 is 70.5 Å². The summed E-state index contributed by atoms with van der Waals surface area (Å²) in [6, 6.07) is 60.2. The van der Waals surface area contributed by atoms with Crippen LogP contribution in [0.1, 0.15) is 140 Å². The van der Waals surface area contributed by atoms with Gasteiger partial charge in [0.25, 0.3) is 23.6 Å². The lowest BCUT2D eigenvalue weighted by molar-refractivity contribution is 0.0461. The Morgan fingerprint density at radius 1 is 0.337 bits per heavy atom. The second-order valence-electron chi connectivity index (χ2n) is 23.1. The number of benzene rings is 9. The van der Waals surface area contributed by atoms with Crippen LogP contribution in [0.2, 0.25) is 0 Å². The predicted octanol–water partition coefficient (Wildman–Crippen LogP) is 12.9. The highest BCUT2D eigenvalue weighted by molar-refractivity contribution is 6.31. The highest BCUT2D eigenvalue weighted by atomic mass is 16.5. The molecule has 4 aliphatic rings. The van der Waals surface area contributed by atoms with Crippen molar-refractivity contribution in [2.75, 3.05) is 26.3 Å².